The van der Waals surface area contributed by atoms with Crippen molar-refractivity contribution in [2.24, 2.45) is 5.41 Å². The molecule has 0 radical (unpaired) electrons. The van der Waals surface area contributed by atoms with Gasteiger partial charge in [0.25, 0.3) is 0 Å². The first-order valence-electron chi connectivity index (χ1n) is 10.4. The van der Waals surface area contributed by atoms with Gasteiger partial charge >= 0.3 is 6.18 Å². The summed E-state index contributed by atoms with van der Waals surface area (Å²) in [6.07, 6.45) is -2.48. The van der Waals surface area contributed by atoms with Crippen LogP contribution in [0.5, 0.6) is 0 Å². The zero-order chi connectivity index (χ0) is 23.1. The number of benzene rings is 3. The van der Waals surface area contributed by atoms with Gasteiger partial charge in [0, 0.05) is 34.6 Å². The smallest absolute Gasteiger partial charge is 0.342 e. The maximum Gasteiger partial charge on any atom is 0.416 e. The second-order valence-electron chi connectivity index (χ2n) is 9.04. The number of aromatic nitrogens is 1. The fourth-order valence-corrected chi connectivity index (χ4v) is 3.82. The monoisotopic (exact) mass is 435 g/mol. The number of hydrogen-bond donors (Lipinski definition) is 0. The standard InChI is InChI=1S/C27H24F3NO/c1-26(2,3)25(32)23-17-31(16-18-7-5-4-6-8-18)24-14-11-20(15-22(23)24)19-9-12-21(13-10-19)27(28,29)30/h4-15,17H,16H2,1-3H3. The molecule has 0 amide bonds. The van der Waals surface area contributed by atoms with Crippen LogP contribution in [0.3, 0.4) is 0 Å². The fraction of sp³-hybridized carbons (Fsp3) is 0.222. The van der Waals surface area contributed by atoms with E-state index in [9.17, 15) is 18.0 Å². The lowest BCUT2D eigenvalue weighted by molar-refractivity contribution is -0.137. The number of fused-ring (bicyclic) bond motifs is 1. The summed E-state index contributed by atoms with van der Waals surface area (Å²) in [6.45, 7) is 6.27. The van der Waals surface area contributed by atoms with Crippen LogP contribution in [0.2, 0.25) is 0 Å². The summed E-state index contributed by atoms with van der Waals surface area (Å²) >= 11 is 0. The summed E-state index contributed by atoms with van der Waals surface area (Å²) in [7, 11) is 0. The van der Waals surface area contributed by atoms with Crippen molar-refractivity contribution in [3.63, 3.8) is 0 Å². The second kappa shape index (κ2) is 7.97. The average molecular weight is 435 g/mol. The maximum absolute atomic E-state index is 13.2. The molecule has 0 saturated carbocycles. The van der Waals surface area contributed by atoms with Gasteiger partial charge in [-0.25, -0.2) is 0 Å². The van der Waals surface area contributed by atoms with Crippen LogP contribution in [0.25, 0.3) is 22.0 Å². The van der Waals surface area contributed by atoms with Gasteiger partial charge in [0.15, 0.2) is 5.78 Å². The molecule has 32 heavy (non-hydrogen) atoms. The first-order valence-corrected chi connectivity index (χ1v) is 10.4. The number of Topliss-reactive ketones (excluding diaryl/α,β-unsaturated/α-hetero) is 1. The quantitative estimate of drug-likeness (QED) is 0.303. The largest absolute Gasteiger partial charge is 0.416 e. The van der Waals surface area contributed by atoms with E-state index in [2.05, 4.69) is 4.57 Å². The number of carbonyl (C=O) groups is 1. The van der Waals surface area contributed by atoms with Crippen molar-refractivity contribution in [2.75, 3.05) is 0 Å². The van der Waals surface area contributed by atoms with Crippen molar-refractivity contribution >= 4 is 16.7 Å². The van der Waals surface area contributed by atoms with Crippen molar-refractivity contribution in [3.8, 4) is 11.1 Å². The van der Waals surface area contributed by atoms with Crippen LogP contribution >= 0.6 is 0 Å². The summed E-state index contributed by atoms with van der Waals surface area (Å²) in [4.78, 5) is 13.2. The third-order valence-corrected chi connectivity index (χ3v) is 5.55. The first-order chi connectivity index (χ1) is 15.0. The summed E-state index contributed by atoms with van der Waals surface area (Å²) in [5.41, 5.74) is 2.85. The molecule has 164 valence electrons. The molecule has 1 aromatic heterocycles. The molecule has 0 saturated heterocycles. The molecule has 0 aliphatic heterocycles. The Morgan fingerprint density at radius 2 is 1.47 bits per heavy atom. The van der Waals surface area contributed by atoms with Crippen LogP contribution in [0.1, 0.15) is 42.3 Å². The predicted molar refractivity (Wildman–Crippen MR) is 122 cm³/mol. The van der Waals surface area contributed by atoms with Gasteiger partial charge < -0.3 is 4.57 Å². The Kier molecular flexibility index (Phi) is 5.45. The van der Waals surface area contributed by atoms with Crippen molar-refractivity contribution in [3.05, 3.63) is 95.7 Å². The molecule has 0 N–H and O–H groups in total. The lowest BCUT2D eigenvalue weighted by atomic mass is 9.86. The highest BCUT2D eigenvalue weighted by atomic mass is 19.4. The molecule has 4 rings (SSSR count). The highest BCUT2D eigenvalue weighted by molar-refractivity contribution is 6.11. The lowest BCUT2D eigenvalue weighted by Crippen LogP contribution is -2.19. The van der Waals surface area contributed by atoms with Gasteiger partial charge in [-0.15, -0.1) is 0 Å². The van der Waals surface area contributed by atoms with Crippen molar-refractivity contribution in [1.82, 2.24) is 4.57 Å². The highest BCUT2D eigenvalue weighted by Crippen LogP contribution is 2.34. The van der Waals surface area contributed by atoms with Crippen LogP contribution in [0, 0.1) is 5.41 Å². The van der Waals surface area contributed by atoms with E-state index in [1.54, 1.807) is 0 Å². The fourth-order valence-electron chi connectivity index (χ4n) is 3.82. The summed E-state index contributed by atoms with van der Waals surface area (Å²) in [6, 6.07) is 20.8. The van der Waals surface area contributed by atoms with Crippen LogP contribution in [-0.4, -0.2) is 10.4 Å². The molecule has 0 spiro atoms. The van der Waals surface area contributed by atoms with Gasteiger partial charge in [0.05, 0.1) is 5.56 Å². The number of rotatable bonds is 4. The molecule has 4 aromatic rings. The molecule has 0 bridgehead atoms. The first kappa shape index (κ1) is 21.9. The van der Waals surface area contributed by atoms with E-state index in [4.69, 9.17) is 0 Å². The number of alkyl halides is 3. The normalized spacial score (nSPS) is 12.3. The Labute approximate surface area is 185 Å². The van der Waals surface area contributed by atoms with Gasteiger partial charge in [-0.3, -0.25) is 4.79 Å². The van der Waals surface area contributed by atoms with Crippen LogP contribution in [-0.2, 0) is 12.7 Å². The molecule has 3 aromatic carbocycles. The highest BCUT2D eigenvalue weighted by Gasteiger charge is 2.30. The Morgan fingerprint density at radius 1 is 0.844 bits per heavy atom. The Hall–Kier alpha value is -3.34. The van der Waals surface area contributed by atoms with Gasteiger partial charge in [0.2, 0.25) is 0 Å². The summed E-state index contributed by atoms with van der Waals surface area (Å²) in [5, 5.41) is 0.804. The van der Waals surface area contributed by atoms with Crippen LogP contribution in [0.4, 0.5) is 13.2 Å². The van der Waals surface area contributed by atoms with E-state index < -0.39 is 17.2 Å². The second-order valence-corrected chi connectivity index (χ2v) is 9.04. The molecule has 5 heteroatoms. The van der Waals surface area contributed by atoms with Gasteiger partial charge in [0.1, 0.15) is 0 Å². The van der Waals surface area contributed by atoms with Crippen LogP contribution < -0.4 is 0 Å². The molecule has 0 unspecified atom stereocenters. The minimum atomic E-state index is -4.37. The van der Waals surface area contributed by atoms with E-state index in [0.29, 0.717) is 17.7 Å². The molecule has 0 atom stereocenters. The third-order valence-electron chi connectivity index (χ3n) is 5.55. The van der Waals surface area contributed by atoms with Crippen molar-refractivity contribution in [1.29, 1.82) is 0 Å². The van der Waals surface area contributed by atoms with Crippen LogP contribution in [0.15, 0.2) is 79.0 Å². The lowest BCUT2D eigenvalue weighted by Gasteiger charge is -2.16. The van der Waals surface area contributed by atoms with Crippen molar-refractivity contribution < 1.29 is 18.0 Å². The molecule has 0 aliphatic rings. The Bertz CT molecular complexity index is 1260. The molecular formula is C27H24F3NO. The topological polar surface area (TPSA) is 22.0 Å². The van der Waals surface area contributed by atoms with E-state index in [-0.39, 0.29) is 5.78 Å². The Balaban J connectivity index is 1.82. The van der Waals surface area contributed by atoms with Gasteiger partial charge in [-0.1, -0.05) is 69.3 Å². The Morgan fingerprint density at radius 3 is 2.06 bits per heavy atom. The molecular weight excluding hydrogens is 411 g/mol. The number of nitrogens with zero attached hydrogens (tertiary/aromatic N) is 1. The van der Waals surface area contributed by atoms with E-state index >= 15 is 0 Å². The zero-order valence-corrected chi connectivity index (χ0v) is 18.2. The maximum atomic E-state index is 13.2. The number of halogens is 3. The summed E-state index contributed by atoms with van der Waals surface area (Å²) < 4.78 is 40.8. The number of hydrogen-bond acceptors (Lipinski definition) is 1. The van der Waals surface area contributed by atoms with E-state index in [1.807, 2.05) is 75.5 Å². The third kappa shape index (κ3) is 4.33. The van der Waals surface area contributed by atoms with Gasteiger partial charge in [-0.05, 0) is 41.0 Å². The number of carbonyl (C=O) groups excluding carboxylic acids is 1. The molecule has 2 nitrogen and oxygen atoms in total. The number of ketones is 1. The van der Waals surface area contributed by atoms with E-state index in [0.717, 1.165) is 34.2 Å². The summed E-state index contributed by atoms with van der Waals surface area (Å²) in [5.74, 6) is 0.0267. The SMILES string of the molecule is CC(C)(C)C(=O)c1cn(Cc2ccccc2)c2ccc(-c3ccc(C(F)(F)F)cc3)cc12. The predicted octanol–water partition coefficient (Wildman–Crippen LogP) is 7.60. The molecule has 0 fully saturated rings. The minimum Gasteiger partial charge on any atom is -0.342 e. The zero-order valence-electron chi connectivity index (χ0n) is 18.2. The van der Waals surface area contributed by atoms with Gasteiger partial charge in [-0.2, -0.15) is 13.2 Å². The van der Waals surface area contributed by atoms with E-state index in [1.165, 1.54) is 12.1 Å². The van der Waals surface area contributed by atoms with Crippen molar-refractivity contribution in [2.45, 2.75) is 33.5 Å². The minimum absolute atomic E-state index is 0.0267. The average Bonchev–Trinajstić information content (AvgIpc) is 3.10. The molecule has 1 heterocycles. The molecule has 0 aliphatic carbocycles.